The van der Waals surface area contributed by atoms with E-state index in [1.807, 2.05) is 24.3 Å². The third-order valence-corrected chi connectivity index (χ3v) is 3.16. The highest BCUT2D eigenvalue weighted by Crippen LogP contribution is 2.27. The lowest BCUT2D eigenvalue weighted by Crippen LogP contribution is -1.89. The zero-order valence-electron chi connectivity index (χ0n) is 10.5. The molecule has 18 heavy (non-hydrogen) atoms. The number of aldehydes is 1. The van der Waals surface area contributed by atoms with E-state index in [2.05, 4.69) is 26.0 Å². The van der Waals surface area contributed by atoms with E-state index in [9.17, 15) is 4.79 Å². The van der Waals surface area contributed by atoms with Crippen molar-refractivity contribution >= 4 is 17.9 Å². The SMILES string of the molecule is CC(C)c1cccc(-c2cc(Cl)cc(C=O)c2)c1. The van der Waals surface area contributed by atoms with Crippen molar-refractivity contribution in [3.05, 3.63) is 58.6 Å². The molecule has 0 bridgehead atoms. The van der Waals surface area contributed by atoms with Crippen molar-refractivity contribution < 1.29 is 4.79 Å². The predicted octanol–water partition coefficient (Wildman–Crippen LogP) is 4.94. The van der Waals surface area contributed by atoms with E-state index in [1.165, 1.54) is 5.56 Å². The molecule has 2 aromatic rings. The van der Waals surface area contributed by atoms with Crippen LogP contribution in [0.15, 0.2) is 42.5 Å². The van der Waals surface area contributed by atoms with Crippen molar-refractivity contribution in [1.29, 1.82) is 0 Å². The zero-order chi connectivity index (χ0) is 13.1. The van der Waals surface area contributed by atoms with Gasteiger partial charge < -0.3 is 0 Å². The van der Waals surface area contributed by atoms with Crippen LogP contribution in [0.3, 0.4) is 0 Å². The second-order valence-electron chi connectivity index (χ2n) is 4.67. The minimum absolute atomic E-state index is 0.481. The molecule has 2 rings (SSSR count). The summed E-state index contributed by atoms with van der Waals surface area (Å²) in [5, 5.41) is 0.588. The molecule has 0 aliphatic rings. The molecule has 0 aromatic heterocycles. The van der Waals surface area contributed by atoms with Gasteiger partial charge in [0.15, 0.2) is 0 Å². The molecule has 0 fully saturated rings. The smallest absolute Gasteiger partial charge is 0.150 e. The van der Waals surface area contributed by atoms with Crippen molar-refractivity contribution in [3.63, 3.8) is 0 Å². The molecule has 0 saturated heterocycles. The van der Waals surface area contributed by atoms with Gasteiger partial charge in [0.1, 0.15) is 6.29 Å². The Morgan fingerprint density at radius 1 is 1.06 bits per heavy atom. The van der Waals surface area contributed by atoms with Gasteiger partial charge in [-0.1, -0.05) is 49.7 Å². The molecular formula is C16H15ClO. The quantitative estimate of drug-likeness (QED) is 0.713. The zero-order valence-corrected chi connectivity index (χ0v) is 11.2. The van der Waals surface area contributed by atoms with E-state index in [4.69, 9.17) is 11.6 Å². The van der Waals surface area contributed by atoms with Crippen LogP contribution in [0.25, 0.3) is 11.1 Å². The summed E-state index contributed by atoms with van der Waals surface area (Å²) in [6, 6.07) is 13.7. The number of carbonyl (C=O) groups excluding carboxylic acids is 1. The van der Waals surface area contributed by atoms with Crippen LogP contribution < -0.4 is 0 Å². The first-order valence-electron chi connectivity index (χ1n) is 5.96. The first kappa shape index (κ1) is 12.8. The summed E-state index contributed by atoms with van der Waals surface area (Å²) in [4.78, 5) is 10.9. The number of halogens is 1. The number of rotatable bonds is 3. The molecule has 2 aromatic carbocycles. The van der Waals surface area contributed by atoms with E-state index in [0.29, 0.717) is 16.5 Å². The highest BCUT2D eigenvalue weighted by molar-refractivity contribution is 6.31. The Morgan fingerprint density at radius 3 is 2.50 bits per heavy atom. The molecule has 0 N–H and O–H groups in total. The lowest BCUT2D eigenvalue weighted by molar-refractivity contribution is 0.112. The Kier molecular flexibility index (Phi) is 3.83. The van der Waals surface area contributed by atoms with E-state index in [0.717, 1.165) is 17.4 Å². The Hall–Kier alpha value is -1.60. The summed E-state index contributed by atoms with van der Waals surface area (Å²) in [5.41, 5.74) is 3.95. The maximum atomic E-state index is 10.9. The molecular weight excluding hydrogens is 244 g/mol. The maximum Gasteiger partial charge on any atom is 0.150 e. The number of hydrogen-bond donors (Lipinski definition) is 0. The molecule has 0 amide bonds. The molecule has 0 saturated carbocycles. The third-order valence-electron chi connectivity index (χ3n) is 2.94. The average molecular weight is 259 g/mol. The Labute approximate surface area is 112 Å². The highest BCUT2D eigenvalue weighted by atomic mass is 35.5. The van der Waals surface area contributed by atoms with Gasteiger partial charge in [-0.15, -0.1) is 0 Å². The largest absolute Gasteiger partial charge is 0.298 e. The van der Waals surface area contributed by atoms with Crippen molar-refractivity contribution in [3.8, 4) is 11.1 Å². The van der Waals surface area contributed by atoms with Crippen LogP contribution in [-0.4, -0.2) is 6.29 Å². The first-order chi connectivity index (χ1) is 8.60. The second-order valence-corrected chi connectivity index (χ2v) is 5.11. The molecule has 0 unspecified atom stereocenters. The summed E-state index contributed by atoms with van der Waals surface area (Å²) < 4.78 is 0. The lowest BCUT2D eigenvalue weighted by atomic mass is 9.97. The summed E-state index contributed by atoms with van der Waals surface area (Å²) >= 11 is 6.02. The summed E-state index contributed by atoms with van der Waals surface area (Å²) in [6.07, 6.45) is 0.821. The molecule has 0 aliphatic heterocycles. The highest BCUT2D eigenvalue weighted by Gasteiger charge is 2.04. The Morgan fingerprint density at radius 2 is 1.83 bits per heavy atom. The molecule has 0 radical (unpaired) electrons. The van der Waals surface area contributed by atoms with Gasteiger partial charge in [-0.05, 0) is 40.8 Å². The maximum absolute atomic E-state index is 10.9. The second kappa shape index (κ2) is 5.36. The topological polar surface area (TPSA) is 17.1 Å². The van der Waals surface area contributed by atoms with Gasteiger partial charge in [-0.3, -0.25) is 4.79 Å². The normalized spacial score (nSPS) is 10.7. The molecule has 92 valence electrons. The molecule has 0 atom stereocenters. The van der Waals surface area contributed by atoms with Crippen LogP contribution in [0.2, 0.25) is 5.02 Å². The lowest BCUT2D eigenvalue weighted by Gasteiger charge is -2.09. The standard InChI is InChI=1S/C16H15ClO/c1-11(2)13-4-3-5-14(8-13)15-6-12(10-18)7-16(17)9-15/h3-11H,1-2H3. The monoisotopic (exact) mass is 258 g/mol. The van der Waals surface area contributed by atoms with Crippen molar-refractivity contribution in [2.45, 2.75) is 19.8 Å². The Balaban J connectivity index is 2.51. The summed E-state index contributed by atoms with van der Waals surface area (Å²) in [6.45, 7) is 4.32. The van der Waals surface area contributed by atoms with E-state index in [-0.39, 0.29) is 0 Å². The fourth-order valence-corrected chi connectivity index (χ4v) is 2.17. The third kappa shape index (κ3) is 2.80. The van der Waals surface area contributed by atoms with Gasteiger partial charge in [0.2, 0.25) is 0 Å². The van der Waals surface area contributed by atoms with Crippen LogP contribution in [-0.2, 0) is 0 Å². The van der Waals surface area contributed by atoms with E-state index < -0.39 is 0 Å². The van der Waals surface area contributed by atoms with Crippen molar-refractivity contribution in [2.75, 3.05) is 0 Å². The number of benzene rings is 2. The van der Waals surface area contributed by atoms with Crippen LogP contribution in [0, 0.1) is 0 Å². The van der Waals surface area contributed by atoms with Gasteiger partial charge in [0, 0.05) is 10.6 Å². The average Bonchev–Trinajstić information content (AvgIpc) is 2.38. The number of carbonyl (C=O) groups is 1. The molecule has 1 nitrogen and oxygen atoms in total. The molecule has 2 heteroatoms. The summed E-state index contributed by atoms with van der Waals surface area (Å²) in [7, 11) is 0. The minimum Gasteiger partial charge on any atom is -0.298 e. The minimum atomic E-state index is 0.481. The Bertz CT molecular complexity index is 573. The van der Waals surface area contributed by atoms with Crippen LogP contribution in [0.1, 0.15) is 35.7 Å². The van der Waals surface area contributed by atoms with Gasteiger partial charge in [0.25, 0.3) is 0 Å². The van der Waals surface area contributed by atoms with E-state index >= 15 is 0 Å². The predicted molar refractivity (Wildman–Crippen MR) is 76.4 cm³/mol. The van der Waals surface area contributed by atoms with Gasteiger partial charge in [-0.25, -0.2) is 0 Å². The van der Waals surface area contributed by atoms with Crippen LogP contribution >= 0.6 is 11.6 Å². The van der Waals surface area contributed by atoms with Gasteiger partial charge in [-0.2, -0.15) is 0 Å². The van der Waals surface area contributed by atoms with Gasteiger partial charge in [0.05, 0.1) is 0 Å². The van der Waals surface area contributed by atoms with Crippen LogP contribution in [0.5, 0.6) is 0 Å². The fourth-order valence-electron chi connectivity index (χ4n) is 1.92. The van der Waals surface area contributed by atoms with Gasteiger partial charge >= 0.3 is 0 Å². The molecule has 0 spiro atoms. The number of hydrogen-bond acceptors (Lipinski definition) is 1. The van der Waals surface area contributed by atoms with E-state index in [1.54, 1.807) is 6.07 Å². The summed E-state index contributed by atoms with van der Waals surface area (Å²) in [5.74, 6) is 0.481. The van der Waals surface area contributed by atoms with Crippen molar-refractivity contribution in [1.82, 2.24) is 0 Å². The van der Waals surface area contributed by atoms with Crippen LogP contribution in [0.4, 0.5) is 0 Å². The fraction of sp³-hybridized carbons (Fsp3) is 0.188. The van der Waals surface area contributed by atoms with Crippen molar-refractivity contribution in [2.24, 2.45) is 0 Å². The molecule has 0 aliphatic carbocycles. The first-order valence-corrected chi connectivity index (χ1v) is 6.34. The molecule has 0 heterocycles.